The van der Waals surface area contributed by atoms with Crippen LogP contribution >= 0.6 is 11.6 Å². The summed E-state index contributed by atoms with van der Waals surface area (Å²) in [5.41, 5.74) is 0.862. The van der Waals surface area contributed by atoms with Crippen LogP contribution in [0.25, 0.3) is 11.0 Å². The minimum absolute atomic E-state index is 0.0619. The van der Waals surface area contributed by atoms with Crippen LogP contribution in [0.4, 0.5) is 5.82 Å². The first-order valence-corrected chi connectivity index (χ1v) is 6.59. The molecule has 0 saturated carbocycles. The number of hydrogen-bond acceptors (Lipinski definition) is 4. The summed E-state index contributed by atoms with van der Waals surface area (Å²) in [6, 6.07) is 4.12. The number of halogens is 1. The molecule has 1 saturated heterocycles. The molecule has 0 bridgehead atoms. The van der Waals surface area contributed by atoms with E-state index >= 15 is 0 Å². The van der Waals surface area contributed by atoms with E-state index in [1.54, 1.807) is 12.5 Å². The average Bonchev–Trinajstić information content (AvgIpc) is 2.87. The van der Waals surface area contributed by atoms with Crippen LogP contribution in [0.15, 0.2) is 29.0 Å². The van der Waals surface area contributed by atoms with Crippen molar-refractivity contribution in [3.05, 3.63) is 24.6 Å². The van der Waals surface area contributed by atoms with Crippen molar-refractivity contribution in [3.8, 4) is 0 Å². The number of anilines is 1. The Morgan fingerprint density at radius 1 is 1.50 bits per heavy atom. The summed E-state index contributed by atoms with van der Waals surface area (Å²) in [7, 11) is 0. The van der Waals surface area contributed by atoms with Gasteiger partial charge in [0, 0.05) is 12.7 Å². The van der Waals surface area contributed by atoms with E-state index in [-0.39, 0.29) is 12.1 Å². The number of hydrogen-bond donors (Lipinski definition) is 0. The van der Waals surface area contributed by atoms with Crippen molar-refractivity contribution in [3.63, 3.8) is 0 Å². The summed E-state index contributed by atoms with van der Waals surface area (Å²) >= 11 is 5.89. The zero-order valence-corrected chi connectivity index (χ0v) is 10.9. The molecule has 0 spiro atoms. The van der Waals surface area contributed by atoms with Gasteiger partial charge in [-0.1, -0.05) is 0 Å². The number of fused-ring (bicyclic) bond motifs is 1. The monoisotopic (exact) mass is 266 g/mol. The van der Waals surface area contributed by atoms with Crippen molar-refractivity contribution in [1.82, 2.24) is 4.98 Å². The summed E-state index contributed by atoms with van der Waals surface area (Å²) < 4.78 is 11.1. The Balaban J connectivity index is 1.99. The number of aromatic nitrogens is 1. The van der Waals surface area contributed by atoms with Gasteiger partial charge < -0.3 is 14.1 Å². The number of furan rings is 1. The lowest BCUT2D eigenvalue weighted by Gasteiger charge is -2.38. The molecule has 1 aliphatic rings. The summed E-state index contributed by atoms with van der Waals surface area (Å²) in [5, 5.41) is 1.04. The topological polar surface area (TPSA) is 38.5 Å². The highest BCUT2D eigenvalue weighted by Gasteiger charge is 2.27. The number of nitrogens with zero attached hydrogens (tertiary/aromatic N) is 2. The first-order valence-electron chi connectivity index (χ1n) is 6.06. The lowest BCUT2D eigenvalue weighted by Crippen LogP contribution is -2.49. The van der Waals surface area contributed by atoms with Gasteiger partial charge in [-0.2, -0.15) is 0 Å². The Bertz CT molecular complexity index is 543. The molecule has 96 valence electrons. The van der Waals surface area contributed by atoms with Gasteiger partial charge in [-0.3, -0.25) is 0 Å². The third kappa shape index (κ3) is 1.95. The molecule has 0 radical (unpaired) electrons. The van der Waals surface area contributed by atoms with Gasteiger partial charge in [0.15, 0.2) is 0 Å². The standard InChI is InChI=1S/C13H15ClN2O2/c1-9-8-18-10(6-14)7-16(9)13-11-3-5-17-12(11)2-4-15-13/h2-5,9-10H,6-8H2,1H3. The number of rotatable bonds is 2. The number of pyridine rings is 1. The van der Waals surface area contributed by atoms with Gasteiger partial charge in [-0.05, 0) is 19.1 Å². The Hall–Kier alpha value is -1.26. The first-order chi connectivity index (χ1) is 8.79. The van der Waals surface area contributed by atoms with Crippen LogP contribution in [0.5, 0.6) is 0 Å². The lowest BCUT2D eigenvalue weighted by molar-refractivity contribution is 0.0362. The van der Waals surface area contributed by atoms with E-state index in [2.05, 4.69) is 16.8 Å². The van der Waals surface area contributed by atoms with Crippen molar-refractivity contribution in [2.45, 2.75) is 19.1 Å². The summed E-state index contributed by atoms with van der Waals surface area (Å²) in [6.07, 6.45) is 3.53. The van der Waals surface area contributed by atoms with E-state index in [0.717, 1.165) is 23.3 Å². The van der Waals surface area contributed by atoms with Crippen LogP contribution in [0.2, 0.25) is 0 Å². The van der Waals surface area contributed by atoms with Crippen molar-refractivity contribution in [2.75, 3.05) is 23.9 Å². The predicted octanol–water partition coefficient (Wildman–Crippen LogP) is 2.66. The van der Waals surface area contributed by atoms with E-state index in [1.165, 1.54) is 0 Å². The summed E-state index contributed by atoms with van der Waals surface area (Å²) in [4.78, 5) is 6.73. The molecule has 1 aliphatic heterocycles. The molecule has 0 aromatic carbocycles. The smallest absolute Gasteiger partial charge is 0.140 e. The number of ether oxygens (including phenoxy) is 1. The molecule has 3 rings (SSSR count). The van der Waals surface area contributed by atoms with Crippen molar-refractivity contribution in [2.24, 2.45) is 0 Å². The predicted molar refractivity (Wildman–Crippen MR) is 71.3 cm³/mol. The average molecular weight is 267 g/mol. The molecule has 2 aromatic heterocycles. The fourth-order valence-corrected chi connectivity index (χ4v) is 2.50. The van der Waals surface area contributed by atoms with Crippen LogP contribution in [-0.4, -0.2) is 36.2 Å². The highest BCUT2D eigenvalue weighted by Crippen LogP contribution is 2.28. The first kappa shape index (κ1) is 11.8. The van der Waals surface area contributed by atoms with Crippen LogP contribution in [0.1, 0.15) is 6.92 Å². The van der Waals surface area contributed by atoms with E-state index in [0.29, 0.717) is 12.5 Å². The lowest BCUT2D eigenvalue weighted by atomic mass is 10.2. The van der Waals surface area contributed by atoms with Crippen LogP contribution in [-0.2, 0) is 4.74 Å². The maximum atomic E-state index is 5.89. The molecule has 2 aromatic rings. The quantitative estimate of drug-likeness (QED) is 0.784. The van der Waals surface area contributed by atoms with Crippen molar-refractivity contribution < 1.29 is 9.15 Å². The van der Waals surface area contributed by atoms with Gasteiger partial charge in [-0.25, -0.2) is 4.98 Å². The zero-order chi connectivity index (χ0) is 12.5. The van der Waals surface area contributed by atoms with Gasteiger partial charge in [0.2, 0.25) is 0 Å². The summed E-state index contributed by atoms with van der Waals surface area (Å²) in [5.74, 6) is 1.46. The Morgan fingerprint density at radius 3 is 3.22 bits per heavy atom. The molecule has 0 N–H and O–H groups in total. The van der Waals surface area contributed by atoms with E-state index in [1.807, 2.05) is 12.1 Å². The second-order valence-corrected chi connectivity index (χ2v) is 4.89. The Morgan fingerprint density at radius 2 is 2.39 bits per heavy atom. The number of alkyl halides is 1. The van der Waals surface area contributed by atoms with E-state index < -0.39 is 0 Å². The largest absolute Gasteiger partial charge is 0.464 e. The molecule has 4 nitrogen and oxygen atoms in total. The second-order valence-electron chi connectivity index (χ2n) is 4.58. The highest BCUT2D eigenvalue weighted by molar-refractivity contribution is 6.18. The molecule has 2 atom stereocenters. The maximum absolute atomic E-state index is 5.89. The third-order valence-electron chi connectivity index (χ3n) is 3.31. The van der Waals surface area contributed by atoms with Gasteiger partial charge in [-0.15, -0.1) is 11.6 Å². The molecule has 0 aliphatic carbocycles. The SMILES string of the molecule is CC1COC(CCl)CN1c1nccc2occc12. The van der Waals surface area contributed by atoms with E-state index in [9.17, 15) is 0 Å². The Labute approximate surface area is 110 Å². The van der Waals surface area contributed by atoms with E-state index in [4.69, 9.17) is 20.8 Å². The zero-order valence-electron chi connectivity index (χ0n) is 10.2. The number of morpholine rings is 1. The molecule has 18 heavy (non-hydrogen) atoms. The van der Waals surface area contributed by atoms with Crippen LogP contribution < -0.4 is 4.90 Å². The highest BCUT2D eigenvalue weighted by atomic mass is 35.5. The fourth-order valence-electron chi connectivity index (χ4n) is 2.31. The van der Waals surface area contributed by atoms with Gasteiger partial charge in [0.1, 0.15) is 11.4 Å². The Kier molecular flexibility index (Phi) is 3.14. The maximum Gasteiger partial charge on any atom is 0.140 e. The molecular formula is C13H15ClN2O2. The minimum atomic E-state index is 0.0619. The summed E-state index contributed by atoms with van der Waals surface area (Å²) in [6.45, 7) is 3.57. The molecule has 1 fully saturated rings. The molecule has 5 heteroatoms. The van der Waals surface area contributed by atoms with Crippen LogP contribution in [0, 0.1) is 0 Å². The molecular weight excluding hydrogens is 252 g/mol. The molecule has 3 heterocycles. The van der Waals surface area contributed by atoms with Gasteiger partial charge in [0.25, 0.3) is 0 Å². The third-order valence-corrected chi connectivity index (χ3v) is 3.65. The molecule has 2 unspecified atom stereocenters. The fraction of sp³-hybridized carbons (Fsp3) is 0.462. The second kappa shape index (κ2) is 4.78. The van der Waals surface area contributed by atoms with Crippen molar-refractivity contribution in [1.29, 1.82) is 0 Å². The van der Waals surface area contributed by atoms with Crippen molar-refractivity contribution >= 4 is 28.4 Å². The van der Waals surface area contributed by atoms with Gasteiger partial charge >= 0.3 is 0 Å². The minimum Gasteiger partial charge on any atom is -0.464 e. The normalized spacial score (nSPS) is 24.7. The molecule has 0 amide bonds. The van der Waals surface area contributed by atoms with Gasteiger partial charge in [0.05, 0.1) is 36.3 Å². The van der Waals surface area contributed by atoms with Crippen LogP contribution in [0.3, 0.4) is 0 Å².